The maximum atomic E-state index is 8.87. The zero-order valence-corrected chi connectivity index (χ0v) is 10.8. The van der Waals surface area contributed by atoms with Crippen molar-refractivity contribution in [2.24, 2.45) is 0 Å². The van der Waals surface area contributed by atoms with Gasteiger partial charge < -0.3 is 9.80 Å². The lowest BCUT2D eigenvalue weighted by Crippen LogP contribution is -2.50. The van der Waals surface area contributed by atoms with Crippen LogP contribution in [-0.2, 0) is 0 Å². The van der Waals surface area contributed by atoms with Crippen molar-refractivity contribution in [1.29, 1.82) is 5.26 Å². The molecule has 1 fully saturated rings. The van der Waals surface area contributed by atoms with Gasteiger partial charge in [0.05, 0.1) is 11.6 Å². The number of rotatable bonds is 1. The number of benzene rings is 1. The fraction of sp³-hybridized carbons (Fsp3) is 0.500. The fourth-order valence-corrected chi connectivity index (χ4v) is 2.35. The molecule has 1 heterocycles. The fourth-order valence-electron chi connectivity index (χ4n) is 2.35. The van der Waals surface area contributed by atoms with Gasteiger partial charge in [-0.3, -0.25) is 0 Å². The van der Waals surface area contributed by atoms with Crippen LogP contribution < -0.4 is 4.90 Å². The molecule has 1 saturated heterocycles. The molecule has 1 aromatic carbocycles. The smallest absolute Gasteiger partial charge is 0.0991 e. The van der Waals surface area contributed by atoms with Gasteiger partial charge in [0.25, 0.3) is 0 Å². The van der Waals surface area contributed by atoms with Gasteiger partial charge in [0.1, 0.15) is 0 Å². The van der Waals surface area contributed by atoms with Crippen molar-refractivity contribution in [1.82, 2.24) is 4.90 Å². The number of hydrogen-bond acceptors (Lipinski definition) is 3. The molecule has 0 radical (unpaired) electrons. The molecule has 0 bridgehead atoms. The first kappa shape index (κ1) is 11.9. The summed E-state index contributed by atoms with van der Waals surface area (Å²) < 4.78 is 0. The van der Waals surface area contributed by atoms with E-state index in [1.54, 1.807) is 0 Å². The van der Waals surface area contributed by atoms with Gasteiger partial charge in [-0.2, -0.15) is 5.26 Å². The van der Waals surface area contributed by atoms with Gasteiger partial charge in [0.2, 0.25) is 0 Å². The Kier molecular flexibility index (Phi) is 3.35. The van der Waals surface area contributed by atoms with Crippen LogP contribution in [0.1, 0.15) is 18.1 Å². The van der Waals surface area contributed by atoms with Gasteiger partial charge in [-0.15, -0.1) is 0 Å². The lowest BCUT2D eigenvalue weighted by Gasteiger charge is -2.39. The van der Waals surface area contributed by atoms with Crippen molar-refractivity contribution in [2.45, 2.75) is 19.9 Å². The number of aryl methyl sites for hydroxylation is 1. The molecular weight excluding hydrogens is 210 g/mol. The summed E-state index contributed by atoms with van der Waals surface area (Å²) >= 11 is 0. The van der Waals surface area contributed by atoms with Gasteiger partial charge in [0.15, 0.2) is 0 Å². The minimum Gasteiger partial charge on any atom is -0.368 e. The summed E-state index contributed by atoms with van der Waals surface area (Å²) in [4.78, 5) is 4.80. The van der Waals surface area contributed by atoms with E-state index in [0.29, 0.717) is 6.04 Å². The third-order valence-electron chi connectivity index (χ3n) is 3.63. The quantitative estimate of drug-likeness (QED) is 0.738. The lowest BCUT2D eigenvalue weighted by atomic mass is 10.1. The monoisotopic (exact) mass is 229 g/mol. The van der Waals surface area contributed by atoms with E-state index in [1.165, 1.54) is 11.3 Å². The molecule has 1 aliphatic heterocycles. The summed E-state index contributed by atoms with van der Waals surface area (Å²) in [5, 5.41) is 8.87. The number of nitrogens with zero attached hydrogens (tertiary/aromatic N) is 3. The van der Waals surface area contributed by atoms with E-state index in [2.05, 4.69) is 42.8 Å². The maximum absolute atomic E-state index is 8.87. The molecule has 1 aromatic rings. The van der Waals surface area contributed by atoms with Crippen LogP contribution in [0, 0.1) is 18.3 Å². The number of piperazine rings is 1. The molecule has 17 heavy (non-hydrogen) atoms. The minimum absolute atomic E-state index is 0.582. The van der Waals surface area contributed by atoms with Crippen molar-refractivity contribution in [2.75, 3.05) is 31.6 Å². The average Bonchev–Trinajstić information content (AvgIpc) is 2.32. The topological polar surface area (TPSA) is 30.3 Å². The summed E-state index contributed by atoms with van der Waals surface area (Å²) in [6.07, 6.45) is 0. The summed E-state index contributed by atoms with van der Waals surface area (Å²) in [6.45, 7) is 7.56. The Labute approximate surface area is 103 Å². The van der Waals surface area contributed by atoms with E-state index in [1.807, 2.05) is 12.1 Å². The SMILES string of the molecule is Cc1cc(C#N)ccc1N1CCN(C)C(C)C1. The van der Waals surface area contributed by atoms with E-state index in [9.17, 15) is 0 Å². The molecule has 0 saturated carbocycles. The molecule has 0 aromatic heterocycles. The second-order valence-corrected chi connectivity index (χ2v) is 4.89. The Morgan fingerprint density at radius 2 is 2.12 bits per heavy atom. The molecule has 1 unspecified atom stereocenters. The van der Waals surface area contributed by atoms with Crippen molar-refractivity contribution >= 4 is 5.69 Å². The molecule has 0 amide bonds. The predicted molar refractivity (Wildman–Crippen MR) is 70.2 cm³/mol. The minimum atomic E-state index is 0.582. The van der Waals surface area contributed by atoms with Crippen molar-refractivity contribution < 1.29 is 0 Å². The third-order valence-corrected chi connectivity index (χ3v) is 3.63. The number of likely N-dealkylation sites (N-methyl/N-ethyl adjacent to an activating group) is 1. The second kappa shape index (κ2) is 4.77. The molecule has 90 valence electrons. The van der Waals surface area contributed by atoms with Crippen LogP contribution in [0.25, 0.3) is 0 Å². The molecule has 2 rings (SSSR count). The van der Waals surface area contributed by atoms with Gasteiger partial charge in [-0.1, -0.05) is 0 Å². The number of nitriles is 1. The van der Waals surface area contributed by atoms with Crippen LogP contribution in [0.5, 0.6) is 0 Å². The van der Waals surface area contributed by atoms with Crippen LogP contribution in [-0.4, -0.2) is 37.6 Å². The number of hydrogen-bond donors (Lipinski definition) is 0. The number of anilines is 1. The van der Waals surface area contributed by atoms with Crippen molar-refractivity contribution in [3.05, 3.63) is 29.3 Å². The Balaban J connectivity index is 2.21. The van der Waals surface area contributed by atoms with Gasteiger partial charge in [0, 0.05) is 31.4 Å². The van der Waals surface area contributed by atoms with Gasteiger partial charge >= 0.3 is 0 Å². The lowest BCUT2D eigenvalue weighted by molar-refractivity contribution is 0.234. The summed E-state index contributed by atoms with van der Waals surface area (Å²) in [5.74, 6) is 0. The Hall–Kier alpha value is -1.53. The second-order valence-electron chi connectivity index (χ2n) is 4.89. The van der Waals surface area contributed by atoms with E-state index in [-0.39, 0.29) is 0 Å². The zero-order valence-electron chi connectivity index (χ0n) is 10.8. The summed E-state index contributed by atoms with van der Waals surface area (Å²) in [7, 11) is 2.17. The first-order valence-electron chi connectivity index (χ1n) is 6.07. The van der Waals surface area contributed by atoms with Crippen LogP contribution in [0.3, 0.4) is 0 Å². The van der Waals surface area contributed by atoms with Gasteiger partial charge in [-0.25, -0.2) is 0 Å². The Morgan fingerprint density at radius 3 is 2.71 bits per heavy atom. The average molecular weight is 229 g/mol. The van der Waals surface area contributed by atoms with Crippen LogP contribution in [0.2, 0.25) is 0 Å². The maximum Gasteiger partial charge on any atom is 0.0991 e. The third kappa shape index (κ3) is 2.42. The van der Waals surface area contributed by atoms with Gasteiger partial charge in [-0.05, 0) is 44.7 Å². The Bertz CT molecular complexity index is 447. The van der Waals surface area contributed by atoms with Crippen LogP contribution in [0.15, 0.2) is 18.2 Å². The van der Waals surface area contributed by atoms with Crippen molar-refractivity contribution in [3.63, 3.8) is 0 Å². The first-order chi connectivity index (χ1) is 8.11. The van der Waals surface area contributed by atoms with E-state index >= 15 is 0 Å². The molecule has 0 spiro atoms. The molecule has 1 aliphatic rings. The van der Waals surface area contributed by atoms with Crippen molar-refractivity contribution in [3.8, 4) is 6.07 Å². The summed E-state index contributed by atoms with van der Waals surface area (Å²) in [5.41, 5.74) is 3.21. The van der Waals surface area contributed by atoms with Crippen LogP contribution in [0.4, 0.5) is 5.69 Å². The Morgan fingerprint density at radius 1 is 1.35 bits per heavy atom. The molecule has 0 aliphatic carbocycles. The molecule has 3 heteroatoms. The highest BCUT2D eigenvalue weighted by molar-refractivity contribution is 5.56. The molecule has 1 atom stereocenters. The standard InChI is InChI=1S/C14H19N3/c1-11-8-13(9-15)4-5-14(11)17-7-6-16(3)12(2)10-17/h4-5,8,12H,6-7,10H2,1-3H3. The summed E-state index contributed by atoms with van der Waals surface area (Å²) in [6, 6.07) is 8.72. The normalized spacial score (nSPS) is 21.3. The highest BCUT2D eigenvalue weighted by atomic mass is 15.3. The molecule has 3 nitrogen and oxygen atoms in total. The highest BCUT2D eigenvalue weighted by Crippen LogP contribution is 2.23. The zero-order chi connectivity index (χ0) is 12.4. The largest absolute Gasteiger partial charge is 0.368 e. The first-order valence-corrected chi connectivity index (χ1v) is 6.07. The highest BCUT2D eigenvalue weighted by Gasteiger charge is 2.21. The molecular formula is C14H19N3. The van der Waals surface area contributed by atoms with Crippen LogP contribution >= 0.6 is 0 Å². The predicted octanol–water partition coefficient (Wildman–Crippen LogP) is 2.01. The van der Waals surface area contributed by atoms with E-state index in [4.69, 9.17) is 5.26 Å². The molecule has 0 N–H and O–H groups in total. The van der Waals surface area contributed by atoms with E-state index in [0.717, 1.165) is 25.2 Å². The van der Waals surface area contributed by atoms with E-state index < -0.39 is 0 Å².